The van der Waals surface area contributed by atoms with Crippen LogP contribution in [-0.2, 0) is 42.6 Å². The highest BCUT2D eigenvalue weighted by Gasteiger charge is 2.66. The second kappa shape index (κ2) is 20.5. The number of hydrogen-bond acceptors (Lipinski definition) is 9. The predicted molar refractivity (Wildman–Crippen MR) is 287 cm³/mol. The maximum atomic E-state index is 16.1. The lowest BCUT2D eigenvalue weighted by Crippen LogP contribution is -2.52. The third kappa shape index (κ3) is 9.42. The Labute approximate surface area is 427 Å². The number of hydrazone groups is 2. The van der Waals surface area contributed by atoms with Crippen molar-refractivity contribution in [2.75, 3.05) is 35.2 Å². The number of carbonyl (C=O) groups excluding carboxylic acids is 4. The van der Waals surface area contributed by atoms with Crippen molar-refractivity contribution < 1.29 is 33.8 Å². The molecule has 0 radical (unpaired) electrons. The number of ether oxygens (including phenoxy) is 2. The maximum absolute atomic E-state index is 16.1. The van der Waals surface area contributed by atoms with Crippen LogP contribution >= 0.6 is 0 Å². The summed E-state index contributed by atoms with van der Waals surface area (Å²) in [5.74, 6) is -0.541. The number of nitrogens with zero attached hydrogens (tertiary/aromatic N) is 6. The normalized spacial score (nSPS) is 20.8. The van der Waals surface area contributed by atoms with Crippen molar-refractivity contribution in [3.8, 4) is 5.75 Å². The van der Waals surface area contributed by atoms with Gasteiger partial charge in [-0.1, -0.05) is 140 Å². The molecule has 372 valence electrons. The first-order valence-electron chi connectivity index (χ1n) is 25.1. The van der Waals surface area contributed by atoms with Gasteiger partial charge in [0.05, 0.1) is 69.3 Å². The number of aliphatic hydroxyl groups excluding tert-OH is 1. The van der Waals surface area contributed by atoms with Gasteiger partial charge in [0.25, 0.3) is 5.91 Å². The Bertz CT molecular complexity index is 3100. The lowest BCUT2D eigenvalue weighted by atomic mass is 9.82. The Morgan fingerprint density at radius 1 is 0.726 bits per heavy atom. The molecular weight excluding hydrogens is 933 g/mol. The van der Waals surface area contributed by atoms with Crippen LogP contribution in [0, 0.1) is 5.92 Å². The summed E-state index contributed by atoms with van der Waals surface area (Å²) in [5.41, 5.74) is 5.56. The fourth-order valence-electron chi connectivity index (χ4n) is 11.5. The zero-order valence-corrected chi connectivity index (χ0v) is 42.7. The highest BCUT2D eigenvalue weighted by molar-refractivity contribution is 6.91. The maximum Gasteiger partial charge on any atom is 0.264 e. The molecule has 4 aliphatic heterocycles. The molecule has 0 unspecified atom stereocenters. The van der Waals surface area contributed by atoms with Crippen molar-refractivity contribution in [2.45, 2.75) is 82.5 Å². The molecule has 4 atom stereocenters. The Kier molecular flexibility index (Phi) is 13.8. The monoisotopic (exact) mass is 992 g/mol. The average Bonchev–Trinajstić information content (AvgIpc) is 3.86. The van der Waals surface area contributed by atoms with Crippen LogP contribution in [-0.4, -0.2) is 79.5 Å². The lowest BCUT2D eigenvalue weighted by molar-refractivity contribution is -0.150. The van der Waals surface area contributed by atoms with Crippen LogP contribution in [0.25, 0.3) is 0 Å². The minimum Gasteiger partial charge on any atom is -0.497 e. The van der Waals surface area contributed by atoms with Gasteiger partial charge in [0, 0.05) is 50.3 Å². The molecule has 6 aromatic rings. The van der Waals surface area contributed by atoms with Crippen molar-refractivity contribution in [3.05, 3.63) is 186 Å². The number of methoxy groups -OCH3 is 1. The molecule has 73 heavy (non-hydrogen) atoms. The van der Waals surface area contributed by atoms with Gasteiger partial charge in [-0.3, -0.25) is 19.2 Å². The van der Waals surface area contributed by atoms with Crippen LogP contribution in [0.15, 0.2) is 168 Å². The average molecular weight is 993 g/mol. The SMILES string of the molecule is COc1ccc([Si](C)(C)[C@@H]2[C@@H](CC(=O)N(CCO)Cc3ccccc3)O[C@]3(C(=O)N(Cc4cccc(N5N=C(c6ccccc6)CCC5=O)c4)c4ccc(N5N=C(c6ccccc6)CCC5=O)cc43)[C@H]2C)cc1. The smallest absolute Gasteiger partial charge is 0.264 e. The fraction of sp³-hybridized carbons (Fsp3) is 0.288. The largest absolute Gasteiger partial charge is 0.497 e. The molecule has 0 aliphatic carbocycles. The minimum absolute atomic E-state index is 0.0365. The third-order valence-electron chi connectivity index (χ3n) is 15.2. The predicted octanol–water partition coefficient (Wildman–Crippen LogP) is 8.93. The molecule has 1 spiro atoms. The second-order valence-corrected chi connectivity index (χ2v) is 24.6. The number of aliphatic hydroxyl groups is 1. The van der Waals surface area contributed by atoms with E-state index >= 15 is 4.79 Å². The Morgan fingerprint density at radius 3 is 1.89 bits per heavy atom. The number of rotatable bonds is 15. The topological polar surface area (TPSA) is 145 Å². The van der Waals surface area contributed by atoms with Crippen molar-refractivity contribution in [1.82, 2.24) is 4.90 Å². The number of anilines is 3. The van der Waals surface area contributed by atoms with Crippen LogP contribution < -0.4 is 24.8 Å². The standard InChI is InChI=1S/C59H60N6O7Si/c1-40-57(73(3,4)48-26-24-47(71-2)25-27-48)53(37-56(69)62(33-34-66)38-41-15-8-5-9-16-41)72-59(40)49-36-46(65-55(68)32-29-51(61-65)44-20-12-7-13-21-44)23-30-52(49)63(58(59)70)39-42-17-14-22-45(35-42)64-54(67)31-28-50(60-64)43-18-10-6-11-19-43/h5-27,30,35-36,40,53,57,66H,28-29,31-34,37-39H2,1-4H3/t40-,53+,57-,59+/m0/s1. The Morgan fingerprint density at radius 2 is 1.30 bits per heavy atom. The van der Waals surface area contributed by atoms with E-state index in [0.717, 1.165) is 44.6 Å². The fourth-order valence-corrected chi connectivity index (χ4v) is 15.5. The van der Waals surface area contributed by atoms with Crippen LogP contribution in [0.4, 0.5) is 17.1 Å². The van der Waals surface area contributed by atoms with Gasteiger partial charge in [-0.15, -0.1) is 0 Å². The van der Waals surface area contributed by atoms with Gasteiger partial charge >= 0.3 is 0 Å². The molecule has 6 aromatic carbocycles. The Hall–Kier alpha value is -7.52. The van der Waals surface area contributed by atoms with Crippen LogP contribution in [0.1, 0.15) is 66.8 Å². The second-order valence-electron chi connectivity index (χ2n) is 19.9. The molecule has 4 amide bonds. The van der Waals surface area contributed by atoms with Crippen molar-refractivity contribution >= 4 is 65.4 Å². The van der Waals surface area contributed by atoms with E-state index in [1.165, 1.54) is 10.0 Å². The van der Waals surface area contributed by atoms with Crippen molar-refractivity contribution in [2.24, 2.45) is 16.1 Å². The molecule has 4 aliphatic rings. The summed E-state index contributed by atoms with van der Waals surface area (Å²) < 4.78 is 13.1. The number of hydrogen-bond donors (Lipinski definition) is 1. The molecule has 1 fully saturated rings. The van der Waals surface area contributed by atoms with Gasteiger partial charge < -0.3 is 24.4 Å². The van der Waals surface area contributed by atoms with E-state index in [2.05, 4.69) is 32.2 Å². The Balaban J connectivity index is 1.08. The van der Waals surface area contributed by atoms with E-state index < -0.39 is 25.7 Å². The first kappa shape index (κ1) is 49.1. The first-order chi connectivity index (χ1) is 35.4. The van der Waals surface area contributed by atoms with Gasteiger partial charge in [0.15, 0.2) is 5.60 Å². The zero-order valence-electron chi connectivity index (χ0n) is 41.7. The van der Waals surface area contributed by atoms with E-state index in [-0.39, 0.29) is 61.7 Å². The molecule has 1 N–H and O–H groups in total. The molecule has 14 heteroatoms. The zero-order chi connectivity index (χ0) is 50.9. The quantitative estimate of drug-likeness (QED) is 0.101. The molecule has 13 nitrogen and oxygen atoms in total. The van der Waals surface area contributed by atoms with Crippen molar-refractivity contribution in [1.29, 1.82) is 0 Å². The molecule has 4 heterocycles. The first-order valence-corrected chi connectivity index (χ1v) is 28.2. The van der Waals surface area contributed by atoms with Crippen molar-refractivity contribution in [3.63, 3.8) is 0 Å². The van der Waals surface area contributed by atoms with Gasteiger partial charge in [-0.05, 0) is 70.3 Å². The van der Waals surface area contributed by atoms with E-state index in [9.17, 15) is 19.5 Å². The van der Waals surface area contributed by atoms with Gasteiger partial charge in [0.2, 0.25) is 17.7 Å². The van der Waals surface area contributed by atoms with Crippen LogP contribution in [0.5, 0.6) is 5.75 Å². The molecule has 10 rings (SSSR count). The number of carbonyl (C=O) groups is 4. The summed E-state index contributed by atoms with van der Waals surface area (Å²) in [5, 5.41) is 24.0. The summed E-state index contributed by atoms with van der Waals surface area (Å²) in [6, 6.07) is 50.6. The molecule has 0 saturated carbocycles. The summed E-state index contributed by atoms with van der Waals surface area (Å²) in [6.07, 6.45) is 0.806. The van der Waals surface area contributed by atoms with E-state index in [1.54, 1.807) is 16.9 Å². The molecule has 1 saturated heterocycles. The molecular formula is C59H60N6O7Si. The van der Waals surface area contributed by atoms with Gasteiger partial charge in [-0.2, -0.15) is 10.2 Å². The van der Waals surface area contributed by atoms with E-state index in [1.807, 2.05) is 146 Å². The third-order valence-corrected chi connectivity index (χ3v) is 19.5. The number of benzene rings is 6. The minimum atomic E-state index is -2.72. The highest BCUT2D eigenvalue weighted by Crippen LogP contribution is 2.61. The van der Waals surface area contributed by atoms with Crippen LogP contribution in [0.3, 0.4) is 0 Å². The summed E-state index contributed by atoms with van der Waals surface area (Å²) >= 11 is 0. The number of amides is 4. The van der Waals surface area contributed by atoms with Gasteiger partial charge in [-0.25, -0.2) is 10.0 Å². The van der Waals surface area contributed by atoms with Gasteiger partial charge in [0.1, 0.15) is 5.75 Å². The molecule has 0 aromatic heterocycles. The number of fused-ring (bicyclic) bond motifs is 2. The summed E-state index contributed by atoms with van der Waals surface area (Å²) in [4.78, 5) is 61.8. The van der Waals surface area contributed by atoms with E-state index in [0.29, 0.717) is 48.4 Å². The lowest BCUT2D eigenvalue weighted by Gasteiger charge is -2.37. The highest BCUT2D eigenvalue weighted by atomic mass is 28.3. The summed E-state index contributed by atoms with van der Waals surface area (Å²) in [7, 11) is -1.08. The van der Waals surface area contributed by atoms with E-state index in [4.69, 9.17) is 19.7 Å². The molecule has 0 bridgehead atoms. The summed E-state index contributed by atoms with van der Waals surface area (Å²) in [6.45, 7) is 6.94. The van der Waals surface area contributed by atoms with Crippen LogP contribution in [0.2, 0.25) is 18.6 Å².